The molecule has 0 aliphatic heterocycles. The van der Waals surface area contributed by atoms with Crippen molar-refractivity contribution >= 4 is 39.1 Å². The largest absolute Gasteiger partial charge is 0.352 e. The number of carbonyl (C=O) groups excluding carboxylic acids is 2. The zero-order valence-electron chi connectivity index (χ0n) is 23.0. The second kappa shape index (κ2) is 13.1. The normalized spacial score (nSPS) is 12.2. The third kappa shape index (κ3) is 7.61. The minimum absolute atomic E-state index is 0.0117. The summed E-state index contributed by atoms with van der Waals surface area (Å²) in [5.41, 5.74) is 2.99. The number of para-hydroxylation sites is 1. The summed E-state index contributed by atoms with van der Waals surface area (Å²) in [5.74, 6) is -0.766. The van der Waals surface area contributed by atoms with E-state index >= 15 is 0 Å². The van der Waals surface area contributed by atoms with Crippen LogP contribution in [0.5, 0.6) is 0 Å². The fourth-order valence-corrected chi connectivity index (χ4v) is 5.89. The summed E-state index contributed by atoms with van der Waals surface area (Å²) in [6.07, 6.45) is 0.366. The lowest BCUT2D eigenvalue weighted by Crippen LogP contribution is -2.53. The Kier molecular flexibility index (Phi) is 10.2. The fourth-order valence-electron chi connectivity index (χ4n) is 4.28. The molecule has 39 heavy (non-hydrogen) atoms. The molecule has 0 spiro atoms. The van der Waals surface area contributed by atoms with Gasteiger partial charge in [-0.05, 0) is 75.6 Å². The quantitative estimate of drug-likeness (QED) is 0.331. The molecule has 2 amide bonds. The Morgan fingerprint density at radius 1 is 0.923 bits per heavy atom. The van der Waals surface area contributed by atoms with E-state index in [1.807, 2.05) is 52.0 Å². The van der Waals surface area contributed by atoms with Gasteiger partial charge in [-0.1, -0.05) is 66.6 Å². The van der Waals surface area contributed by atoms with Crippen molar-refractivity contribution in [3.63, 3.8) is 0 Å². The maximum atomic E-state index is 14.1. The van der Waals surface area contributed by atoms with Gasteiger partial charge in [-0.25, -0.2) is 8.42 Å². The highest BCUT2D eigenvalue weighted by Crippen LogP contribution is 2.28. The Hall–Kier alpha value is -3.36. The molecule has 0 heterocycles. The maximum absolute atomic E-state index is 14.1. The maximum Gasteiger partial charge on any atom is 0.264 e. The second-order valence-corrected chi connectivity index (χ2v) is 12.1. The number of aryl methyl sites for hydroxylation is 2. The van der Waals surface area contributed by atoms with E-state index in [9.17, 15) is 18.0 Å². The molecule has 0 bridgehead atoms. The van der Waals surface area contributed by atoms with Crippen molar-refractivity contribution in [1.29, 1.82) is 0 Å². The highest BCUT2D eigenvalue weighted by atomic mass is 35.5. The van der Waals surface area contributed by atoms with E-state index in [1.54, 1.807) is 31.2 Å². The van der Waals surface area contributed by atoms with Crippen molar-refractivity contribution < 1.29 is 18.0 Å². The van der Waals surface area contributed by atoms with Crippen molar-refractivity contribution in [1.82, 2.24) is 10.2 Å². The number of nitrogens with zero attached hydrogens (tertiary/aromatic N) is 2. The number of hydrogen-bond acceptors (Lipinski definition) is 4. The fraction of sp³-hybridized carbons (Fsp3) is 0.333. The molecule has 0 radical (unpaired) electrons. The Morgan fingerprint density at radius 2 is 1.54 bits per heavy atom. The Balaban J connectivity index is 2.07. The van der Waals surface area contributed by atoms with E-state index in [4.69, 9.17) is 11.6 Å². The summed E-state index contributed by atoms with van der Waals surface area (Å²) in [7, 11) is -4.15. The van der Waals surface area contributed by atoms with Crippen LogP contribution in [0.3, 0.4) is 0 Å². The van der Waals surface area contributed by atoms with Gasteiger partial charge in [0, 0.05) is 17.6 Å². The lowest BCUT2D eigenvalue weighted by molar-refractivity contribution is -0.140. The van der Waals surface area contributed by atoms with Crippen LogP contribution in [-0.2, 0) is 26.2 Å². The van der Waals surface area contributed by atoms with E-state index in [2.05, 4.69) is 5.32 Å². The Bertz CT molecular complexity index is 1390. The predicted molar refractivity (Wildman–Crippen MR) is 156 cm³/mol. The van der Waals surface area contributed by atoms with Gasteiger partial charge in [0.2, 0.25) is 11.8 Å². The Morgan fingerprint density at radius 3 is 2.10 bits per heavy atom. The number of sulfonamides is 1. The average molecular weight is 570 g/mol. The van der Waals surface area contributed by atoms with E-state index in [-0.39, 0.29) is 23.4 Å². The molecule has 3 aromatic carbocycles. The molecule has 3 aromatic rings. The number of nitrogens with one attached hydrogen (secondary N) is 1. The lowest BCUT2D eigenvalue weighted by atomic mass is 10.1. The van der Waals surface area contributed by atoms with Crippen LogP contribution in [0, 0.1) is 13.8 Å². The number of rotatable bonds is 11. The monoisotopic (exact) mass is 569 g/mol. The predicted octanol–water partition coefficient (Wildman–Crippen LogP) is 5.48. The minimum Gasteiger partial charge on any atom is -0.352 e. The molecule has 0 aromatic heterocycles. The molecule has 9 heteroatoms. The van der Waals surface area contributed by atoms with Gasteiger partial charge in [0.05, 0.1) is 10.6 Å². The first-order chi connectivity index (χ1) is 18.4. The highest BCUT2D eigenvalue weighted by Gasteiger charge is 2.34. The van der Waals surface area contributed by atoms with Crippen LogP contribution in [-0.4, -0.2) is 43.8 Å². The molecule has 0 fully saturated rings. The number of halogens is 1. The van der Waals surface area contributed by atoms with Crippen LogP contribution in [0.1, 0.15) is 43.9 Å². The summed E-state index contributed by atoms with van der Waals surface area (Å²) < 4.78 is 28.9. The first kappa shape index (κ1) is 30.2. The molecular weight excluding hydrogens is 534 g/mol. The molecule has 208 valence electrons. The van der Waals surface area contributed by atoms with Crippen molar-refractivity contribution in [2.24, 2.45) is 0 Å². The summed E-state index contributed by atoms with van der Waals surface area (Å²) in [6, 6.07) is 19.6. The zero-order chi connectivity index (χ0) is 28.7. The van der Waals surface area contributed by atoms with Crippen LogP contribution in [0.2, 0.25) is 5.02 Å². The number of carbonyl (C=O) groups is 2. The Labute approximate surface area is 236 Å². The first-order valence-electron chi connectivity index (χ1n) is 12.9. The summed E-state index contributed by atoms with van der Waals surface area (Å²) in [5, 5.41) is 3.30. The van der Waals surface area contributed by atoms with E-state index in [0.717, 1.165) is 15.4 Å². The number of anilines is 1. The van der Waals surface area contributed by atoms with E-state index < -0.39 is 28.5 Å². The SMILES string of the molecule is CCC(C(=O)NC(C)C)N(Cc1ccc(C)cc1)C(=O)CN(c1ccccc1C)S(=O)(=O)c1ccc(Cl)cc1. The topological polar surface area (TPSA) is 86.8 Å². The van der Waals surface area contributed by atoms with Crippen LogP contribution in [0.15, 0.2) is 77.7 Å². The third-order valence-electron chi connectivity index (χ3n) is 6.36. The van der Waals surface area contributed by atoms with Crippen LogP contribution < -0.4 is 9.62 Å². The van der Waals surface area contributed by atoms with E-state index in [0.29, 0.717) is 22.7 Å². The second-order valence-electron chi connectivity index (χ2n) is 9.85. The molecule has 0 aliphatic carbocycles. The molecule has 1 atom stereocenters. The van der Waals surface area contributed by atoms with Gasteiger partial charge in [-0.2, -0.15) is 0 Å². The van der Waals surface area contributed by atoms with Crippen LogP contribution >= 0.6 is 11.6 Å². The van der Waals surface area contributed by atoms with Gasteiger partial charge in [0.15, 0.2) is 0 Å². The van der Waals surface area contributed by atoms with Gasteiger partial charge in [-0.15, -0.1) is 0 Å². The van der Waals surface area contributed by atoms with Crippen molar-refractivity contribution in [2.45, 2.75) is 64.6 Å². The standard InChI is InChI=1S/C30H36ClN3O4S/c1-6-27(30(36)32-21(2)3)33(19-24-13-11-22(4)12-14-24)29(35)20-34(28-10-8-7-9-23(28)5)39(37,38)26-17-15-25(31)16-18-26/h7-18,21,27H,6,19-20H2,1-5H3,(H,32,36). The minimum atomic E-state index is -4.15. The highest BCUT2D eigenvalue weighted by molar-refractivity contribution is 7.92. The first-order valence-corrected chi connectivity index (χ1v) is 14.7. The van der Waals surface area contributed by atoms with E-state index in [1.165, 1.54) is 29.2 Å². The number of benzene rings is 3. The molecule has 0 saturated carbocycles. The van der Waals surface area contributed by atoms with Crippen molar-refractivity contribution in [3.8, 4) is 0 Å². The molecule has 1 unspecified atom stereocenters. The van der Waals surface area contributed by atoms with Crippen LogP contribution in [0.4, 0.5) is 5.69 Å². The van der Waals surface area contributed by atoms with Crippen LogP contribution in [0.25, 0.3) is 0 Å². The molecule has 3 rings (SSSR count). The summed E-state index contributed by atoms with van der Waals surface area (Å²) in [4.78, 5) is 28.7. The lowest BCUT2D eigenvalue weighted by Gasteiger charge is -2.34. The molecule has 7 nitrogen and oxygen atoms in total. The molecule has 1 N–H and O–H groups in total. The molecule has 0 saturated heterocycles. The average Bonchev–Trinajstić information content (AvgIpc) is 2.88. The van der Waals surface area contributed by atoms with Gasteiger partial charge < -0.3 is 10.2 Å². The van der Waals surface area contributed by atoms with Gasteiger partial charge >= 0.3 is 0 Å². The summed E-state index contributed by atoms with van der Waals surface area (Å²) >= 11 is 6.01. The van der Waals surface area contributed by atoms with Gasteiger partial charge in [-0.3, -0.25) is 13.9 Å². The summed E-state index contributed by atoms with van der Waals surface area (Å²) in [6.45, 7) is 8.99. The molecular formula is C30H36ClN3O4S. The number of amides is 2. The third-order valence-corrected chi connectivity index (χ3v) is 8.38. The number of hydrogen-bond donors (Lipinski definition) is 1. The van der Waals surface area contributed by atoms with Crippen molar-refractivity contribution in [3.05, 3.63) is 94.5 Å². The molecule has 0 aliphatic rings. The zero-order valence-corrected chi connectivity index (χ0v) is 24.6. The van der Waals surface area contributed by atoms with Gasteiger partial charge in [0.25, 0.3) is 10.0 Å². The van der Waals surface area contributed by atoms with Gasteiger partial charge in [0.1, 0.15) is 12.6 Å². The smallest absolute Gasteiger partial charge is 0.264 e. The van der Waals surface area contributed by atoms with Crippen molar-refractivity contribution in [2.75, 3.05) is 10.8 Å².